The first kappa shape index (κ1) is 20.4. The lowest BCUT2D eigenvalue weighted by Gasteiger charge is -2.17. The predicted molar refractivity (Wildman–Crippen MR) is 117 cm³/mol. The van der Waals surface area contributed by atoms with E-state index < -0.39 is 6.10 Å². The topological polar surface area (TPSA) is 86.5 Å². The van der Waals surface area contributed by atoms with Gasteiger partial charge >= 0.3 is 0 Å². The number of hydrogen-bond acceptors (Lipinski definition) is 6. The molecule has 1 aromatic heterocycles. The standard InChI is InChI=1S/C24H23N3O4/c1-3-21(30-20-13-8-16-6-4-5-7-18(16)14-20)24(28)25-15-22-26-23(27-31-22)17-9-11-19(29-2)12-10-17/h4-14,21H,3,15H2,1-2H3,(H,25,28)/t21-/m0/s1. The highest BCUT2D eigenvalue weighted by atomic mass is 16.5. The van der Waals surface area contributed by atoms with Gasteiger partial charge in [-0.05, 0) is 53.6 Å². The summed E-state index contributed by atoms with van der Waals surface area (Å²) >= 11 is 0. The van der Waals surface area contributed by atoms with Gasteiger partial charge in [0, 0.05) is 5.56 Å². The first-order valence-electron chi connectivity index (χ1n) is 10.1. The minimum absolute atomic E-state index is 0.125. The van der Waals surface area contributed by atoms with Crippen molar-refractivity contribution in [1.82, 2.24) is 15.5 Å². The van der Waals surface area contributed by atoms with E-state index in [-0.39, 0.29) is 12.5 Å². The number of carbonyl (C=O) groups is 1. The van der Waals surface area contributed by atoms with E-state index in [2.05, 4.69) is 15.5 Å². The summed E-state index contributed by atoms with van der Waals surface area (Å²) in [5.41, 5.74) is 0.799. The molecule has 4 aromatic rings. The van der Waals surface area contributed by atoms with Gasteiger partial charge in [-0.2, -0.15) is 4.98 Å². The van der Waals surface area contributed by atoms with Crippen molar-refractivity contribution >= 4 is 16.7 Å². The number of hydrogen-bond donors (Lipinski definition) is 1. The Hall–Kier alpha value is -3.87. The van der Waals surface area contributed by atoms with Crippen LogP contribution < -0.4 is 14.8 Å². The van der Waals surface area contributed by atoms with Gasteiger partial charge in [-0.25, -0.2) is 0 Å². The second-order valence-electron chi connectivity index (χ2n) is 6.98. The van der Waals surface area contributed by atoms with Crippen molar-refractivity contribution in [2.24, 2.45) is 0 Å². The zero-order valence-corrected chi connectivity index (χ0v) is 17.4. The van der Waals surface area contributed by atoms with Crippen LogP contribution >= 0.6 is 0 Å². The van der Waals surface area contributed by atoms with E-state index >= 15 is 0 Å². The summed E-state index contributed by atoms with van der Waals surface area (Å²) in [4.78, 5) is 17.0. The molecule has 0 aliphatic heterocycles. The third-order valence-corrected chi connectivity index (χ3v) is 4.89. The maximum absolute atomic E-state index is 12.6. The molecule has 0 unspecified atom stereocenters. The summed E-state index contributed by atoms with van der Waals surface area (Å²) < 4.78 is 16.3. The molecule has 1 heterocycles. The Kier molecular flexibility index (Phi) is 6.12. The first-order valence-corrected chi connectivity index (χ1v) is 10.1. The fourth-order valence-corrected chi connectivity index (χ4v) is 3.19. The number of ether oxygens (including phenoxy) is 2. The lowest BCUT2D eigenvalue weighted by molar-refractivity contribution is -0.128. The molecule has 0 aliphatic carbocycles. The van der Waals surface area contributed by atoms with Crippen LogP contribution in [-0.4, -0.2) is 29.3 Å². The van der Waals surface area contributed by atoms with Crippen LogP contribution in [0.5, 0.6) is 11.5 Å². The van der Waals surface area contributed by atoms with Crippen LogP contribution in [-0.2, 0) is 11.3 Å². The first-order chi connectivity index (χ1) is 15.2. The van der Waals surface area contributed by atoms with Gasteiger partial charge in [-0.3, -0.25) is 4.79 Å². The summed E-state index contributed by atoms with van der Waals surface area (Å²) in [6, 6.07) is 21.1. The molecule has 158 valence electrons. The molecule has 0 fully saturated rings. The van der Waals surface area contributed by atoms with Gasteiger partial charge in [0.15, 0.2) is 6.10 Å². The number of carbonyl (C=O) groups excluding carboxylic acids is 1. The molecule has 0 saturated heterocycles. The van der Waals surface area contributed by atoms with Crippen LogP contribution in [0.1, 0.15) is 19.2 Å². The van der Waals surface area contributed by atoms with Crippen LogP contribution in [0.4, 0.5) is 0 Å². The predicted octanol–water partition coefficient (Wildman–Crippen LogP) is 4.37. The molecule has 0 aliphatic rings. The number of nitrogens with zero attached hydrogens (tertiary/aromatic N) is 2. The number of aromatic nitrogens is 2. The quantitative estimate of drug-likeness (QED) is 0.458. The fraction of sp³-hybridized carbons (Fsp3) is 0.208. The van der Waals surface area contributed by atoms with Crippen molar-refractivity contribution in [1.29, 1.82) is 0 Å². The zero-order chi connectivity index (χ0) is 21.6. The van der Waals surface area contributed by atoms with Gasteiger partial charge in [0.05, 0.1) is 13.7 Å². The van der Waals surface area contributed by atoms with Crippen LogP contribution in [0, 0.1) is 0 Å². The SMILES string of the molecule is CC[C@H](Oc1ccc2ccccc2c1)C(=O)NCc1nc(-c2ccc(OC)cc2)no1. The number of methoxy groups -OCH3 is 1. The van der Waals surface area contributed by atoms with Crippen LogP contribution in [0.3, 0.4) is 0 Å². The summed E-state index contributed by atoms with van der Waals surface area (Å²) in [6.07, 6.45) is -0.0929. The Morgan fingerprint density at radius 2 is 1.77 bits per heavy atom. The highest BCUT2D eigenvalue weighted by Gasteiger charge is 2.19. The number of benzene rings is 3. The van der Waals surface area contributed by atoms with Gasteiger partial charge in [0.25, 0.3) is 5.91 Å². The average Bonchev–Trinajstić information content (AvgIpc) is 3.30. The molecule has 7 nitrogen and oxygen atoms in total. The van der Waals surface area contributed by atoms with Crippen molar-refractivity contribution < 1.29 is 18.8 Å². The fourth-order valence-electron chi connectivity index (χ4n) is 3.19. The number of nitrogens with one attached hydrogen (secondary N) is 1. The van der Waals surface area contributed by atoms with E-state index in [1.54, 1.807) is 7.11 Å². The molecule has 1 atom stereocenters. The molecule has 31 heavy (non-hydrogen) atoms. The Bertz CT molecular complexity index is 1170. The van der Waals surface area contributed by atoms with E-state index in [1.807, 2.05) is 73.7 Å². The molecule has 7 heteroatoms. The maximum Gasteiger partial charge on any atom is 0.261 e. The van der Waals surface area contributed by atoms with Crippen molar-refractivity contribution in [3.63, 3.8) is 0 Å². The van der Waals surface area contributed by atoms with E-state index in [0.717, 1.165) is 22.1 Å². The highest BCUT2D eigenvalue weighted by molar-refractivity contribution is 5.84. The molecule has 0 saturated carbocycles. The van der Waals surface area contributed by atoms with E-state index in [1.165, 1.54) is 0 Å². The highest BCUT2D eigenvalue weighted by Crippen LogP contribution is 2.22. The van der Waals surface area contributed by atoms with Crippen molar-refractivity contribution in [3.05, 3.63) is 72.6 Å². The summed E-state index contributed by atoms with van der Waals surface area (Å²) in [5.74, 6) is 1.93. The Balaban J connectivity index is 1.37. The summed E-state index contributed by atoms with van der Waals surface area (Å²) in [7, 11) is 1.61. The van der Waals surface area contributed by atoms with Crippen molar-refractivity contribution in [2.75, 3.05) is 7.11 Å². The monoisotopic (exact) mass is 417 g/mol. The zero-order valence-electron chi connectivity index (χ0n) is 17.4. The molecule has 0 bridgehead atoms. The lowest BCUT2D eigenvalue weighted by atomic mass is 10.1. The summed E-state index contributed by atoms with van der Waals surface area (Å²) in [5, 5.41) is 8.97. The minimum atomic E-state index is -0.620. The third kappa shape index (κ3) is 4.83. The Morgan fingerprint density at radius 1 is 1.03 bits per heavy atom. The lowest BCUT2D eigenvalue weighted by Crippen LogP contribution is -2.37. The van der Waals surface area contributed by atoms with Crippen LogP contribution in [0.15, 0.2) is 71.3 Å². The molecule has 0 spiro atoms. The number of rotatable bonds is 8. The van der Waals surface area contributed by atoms with Crippen molar-refractivity contribution in [2.45, 2.75) is 26.0 Å². The molecule has 0 radical (unpaired) electrons. The molecular weight excluding hydrogens is 394 g/mol. The second-order valence-corrected chi connectivity index (χ2v) is 6.98. The molecular formula is C24H23N3O4. The Labute approximate surface area is 180 Å². The third-order valence-electron chi connectivity index (χ3n) is 4.89. The Morgan fingerprint density at radius 3 is 2.52 bits per heavy atom. The van der Waals surface area contributed by atoms with Crippen molar-refractivity contribution in [3.8, 4) is 22.9 Å². The number of fused-ring (bicyclic) bond motifs is 1. The largest absolute Gasteiger partial charge is 0.497 e. The molecule has 1 N–H and O–H groups in total. The van der Waals surface area contributed by atoms with Gasteiger partial charge < -0.3 is 19.3 Å². The van der Waals surface area contributed by atoms with Crippen LogP contribution in [0.25, 0.3) is 22.2 Å². The summed E-state index contributed by atoms with van der Waals surface area (Å²) in [6.45, 7) is 2.03. The molecule has 3 aromatic carbocycles. The van der Waals surface area contributed by atoms with Crippen LogP contribution in [0.2, 0.25) is 0 Å². The smallest absolute Gasteiger partial charge is 0.261 e. The van der Waals surface area contributed by atoms with Gasteiger partial charge in [0.1, 0.15) is 11.5 Å². The van der Waals surface area contributed by atoms with Gasteiger partial charge in [-0.1, -0.05) is 42.4 Å². The van der Waals surface area contributed by atoms with Gasteiger partial charge in [-0.15, -0.1) is 0 Å². The molecule has 1 amide bonds. The van der Waals surface area contributed by atoms with Gasteiger partial charge in [0.2, 0.25) is 11.7 Å². The maximum atomic E-state index is 12.6. The number of amides is 1. The van der Waals surface area contributed by atoms with E-state index in [4.69, 9.17) is 14.0 Å². The van der Waals surface area contributed by atoms with E-state index in [0.29, 0.717) is 23.9 Å². The second kappa shape index (κ2) is 9.30. The van der Waals surface area contributed by atoms with E-state index in [9.17, 15) is 4.79 Å². The average molecular weight is 417 g/mol. The minimum Gasteiger partial charge on any atom is -0.497 e. The molecule has 4 rings (SSSR count). The normalized spacial score (nSPS) is 11.8.